The summed E-state index contributed by atoms with van der Waals surface area (Å²) in [7, 11) is 1.67. The zero-order valence-corrected chi connectivity index (χ0v) is 12.8. The van der Waals surface area contributed by atoms with Gasteiger partial charge in [0.25, 0.3) is 0 Å². The second kappa shape index (κ2) is 5.08. The van der Waals surface area contributed by atoms with Crippen molar-refractivity contribution in [1.82, 2.24) is 0 Å². The highest BCUT2D eigenvalue weighted by Crippen LogP contribution is 2.43. The van der Waals surface area contributed by atoms with Crippen molar-refractivity contribution in [2.45, 2.75) is 12.3 Å². The van der Waals surface area contributed by atoms with E-state index in [4.69, 9.17) is 16.3 Å². The van der Waals surface area contributed by atoms with E-state index in [-0.39, 0.29) is 5.38 Å². The Morgan fingerprint density at radius 2 is 2.25 bits per heavy atom. The summed E-state index contributed by atoms with van der Waals surface area (Å²) in [6.07, 6.45) is 0. The number of rotatable bonds is 3. The molecule has 0 aliphatic heterocycles. The SMILES string of the molecule is COc1ccsc1C(Cl)c1cc(C)c(Br)s1. The summed E-state index contributed by atoms with van der Waals surface area (Å²) >= 11 is 13.3. The molecule has 1 unspecified atom stereocenters. The van der Waals surface area contributed by atoms with Crippen LogP contribution >= 0.6 is 50.2 Å². The molecule has 5 heteroatoms. The zero-order chi connectivity index (χ0) is 11.7. The lowest BCUT2D eigenvalue weighted by Gasteiger charge is -2.07. The largest absolute Gasteiger partial charge is 0.496 e. The van der Waals surface area contributed by atoms with Gasteiger partial charge in [-0.2, -0.15) is 0 Å². The number of aryl methyl sites for hydroxylation is 1. The van der Waals surface area contributed by atoms with Crippen molar-refractivity contribution in [2.75, 3.05) is 7.11 Å². The van der Waals surface area contributed by atoms with Crippen LogP contribution < -0.4 is 4.74 Å². The van der Waals surface area contributed by atoms with Crippen molar-refractivity contribution in [1.29, 1.82) is 0 Å². The van der Waals surface area contributed by atoms with Crippen LogP contribution in [0.25, 0.3) is 0 Å². The Kier molecular flexibility index (Phi) is 3.95. The van der Waals surface area contributed by atoms with Crippen molar-refractivity contribution >= 4 is 50.2 Å². The molecule has 0 aliphatic carbocycles. The molecule has 0 saturated carbocycles. The van der Waals surface area contributed by atoms with Gasteiger partial charge in [0.2, 0.25) is 0 Å². The monoisotopic (exact) mass is 336 g/mol. The van der Waals surface area contributed by atoms with Gasteiger partial charge in [0.15, 0.2) is 0 Å². The molecule has 0 spiro atoms. The number of halogens is 2. The minimum atomic E-state index is -0.120. The van der Waals surface area contributed by atoms with Gasteiger partial charge in [-0.05, 0) is 45.9 Å². The minimum Gasteiger partial charge on any atom is -0.496 e. The first-order valence-electron chi connectivity index (χ1n) is 4.64. The predicted molar refractivity (Wildman–Crippen MR) is 75.3 cm³/mol. The molecule has 1 nitrogen and oxygen atoms in total. The van der Waals surface area contributed by atoms with Gasteiger partial charge in [0.1, 0.15) is 11.1 Å². The smallest absolute Gasteiger partial charge is 0.134 e. The Balaban J connectivity index is 2.35. The van der Waals surface area contributed by atoms with E-state index in [1.807, 2.05) is 11.4 Å². The van der Waals surface area contributed by atoms with Crippen LogP contribution in [0.2, 0.25) is 0 Å². The van der Waals surface area contributed by atoms with Crippen LogP contribution in [-0.2, 0) is 0 Å². The van der Waals surface area contributed by atoms with Crippen LogP contribution in [0, 0.1) is 6.92 Å². The van der Waals surface area contributed by atoms with E-state index in [1.54, 1.807) is 29.8 Å². The Labute approximate surface area is 116 Å². The molecule has 0 radical (unpaired) electrons. The van der Waals surface area contributed by atoms with Gasteiger partial charge < -0.3 is 4.74 Å². The minimum absolute atomic E-state index is 0.120. The highest BCUT2D eigenvalue weighted by atomic mass is 79.9. The molecule has 2 heterocycles. The van der Waals surface area contributed by atoms with Gasteiger partial charge >= 0.3 is 0 Å². The third-order valence-corrected chi connectivity index (χ3v) is 6.11. The van der Waals surface area contributed by atoms with Crippen molar-refractivity contribution in [3.63, 3.8) is 0 Å². The molecular weight excluding hydrogens is 328 g/mol. The van der Waals surface area contributed by atoms with Crippen LogP contribution in [0.5, 0.6) is 5.75 Å². The third-order valence-electron chi connectivity index (χ3n) is 2.23. The number of hydrogen-bond acceptors (Lipinski definition) is 3. The highest BCUT2D eigenvalue weighted by Gasteiger charge is 2.19. The number of alkyl halides is 1. The Morgan fingerprint density at radius 3 is 2.81 bits per heavy atom. The van der Waals surface area contributed by atoms with Crippen molar-refractivity contribution in [2.24, 2.45) is 0 Å². The van der Waals surface area contributed by atoms with E-state index in [0.717, 1.165) is 19.3 Å². The maximum atomic E-state index is 6.46. The van der Waals surface area contributed by atoms with Crippen molar-refractivity contribution < 1.29 is 4.74 Å². The summed E-state index contributed by atoms with van der Waals surface area (Å²) in [4.78, 5) is 2.21. The Morgan fingerprint density at radius 1 is 1.50 bits per heavy atom. The van der Waals surface area contributed by atoms with Crippen LogP contribution in [0.4, 0.5) is 0 Å². The molecule has 0 amide bonds. The molecule has 1 atom stereocenters. The van der Waals surface area contributed by atoms with Gasteiger partial charge in [-0.25, -0.2) is 0 Å². The standard InChI is InChI=1S/C11H10BrClOS2/c1-6-5-8(16-11(6)12)9(13)10-7(14-2)3-4-15-10/h3-5,9H,1-2H3. The normalized spacial score (nSPS) is 12.8. The Hall–Kier alpha value is -0.0300. The summed E-state index contributed by atoms with van der Waals surface area (Å²) in [5.74, 6) is 0.868. The van der Waals surface area contributed by atoms with Gasteiger partial charge in [-0.1, -0.05) is 0 Å². The molecule has 2 aromatic heterocycles. The lowest BCUT2D eigenvalue weighted by atomic mass is 10.2. The molecular formula is C11H10BrClOS2. The maximum Gasteiger partial charge on any atom is 0.134 e. The first kappa shape index (κ1) is 12.4. The molecule has 16 heavy (non-hydrogen) atoms. The molecule has 0 N–H and O–H groups in total. The maximum absolute atomic E-state index is 6.46. The van der Waals surface area contributed by atoms with Crippen LogP contribution in [0.3, 0.4) is 0 Å². The van der Waals surface area contributed by atoms with Gasteiger partial charge in [-0.3, -0.25) is 0 Å². The average molecular weight is 338 g/mol. The van der Waals surface area contributed by atoms with Crippen molar-refractivity contribution in [3.05, 3.63) is 36.6 Å². The zero-order valence-electron chi connectivity index (χ0n) is 8.79. The van der Waals surface area contributed by atoms with E-state index in [1.165, 1.54) is 5.56 Å². The fourth-order valence-corrected chi connectivity index (χ4v) is 4.34. The van der Waals surface area contributed by atoms with Gasteiger partial charge in [0.05, 0.1) is 15.8 Å². The first-order chi connectivity index (χ1) is 7.63. The summed E-state index contributed by atoms with van der Waals surface area (Å²) < 4.78 is 6.43. The molecule has 0 fully saturated rings. The number of hydrogen-bond donors (Lipinski definition) is 0. The third kappa shape index (κ3) is 2.30. The van der Waals surface area contributed by atoms with E-state index in [9.17, 15) is 0 Å². The molecule has 0 aromatic carbocycles. The highest BCUT2D eigenvalue weighted by molar-refractivity contribution is 9.11. The number of thiophene rings is 2. The summed E-state index contributed by atoms with van der Waals surface area (Å²) in [5.41, 5.74) is 1.22. The lowest BCUT2D eigenvalue weighted by Crippen LogP contribution is -1.90. The Bertz CT molecular complexity index is 472. The average Bonchev–Trinajstić information content (AvgIpc) is 2.85. The van der Waals surface area contributed by atoms with E-state index < -0.39 is 0 Å². The van der Waals surface area contributed by atoms with Crippen LogP contribution in [0.15, 0.2) is 21.3 Å². The lowest BCUT2D eigenvalue weighted by molar-refractivity contribution is 0.413. The topological polar surface area (TPSA) is 9.23 Å². The van der Waals surface area contributed by atoms with E-state index in [0.29, 0.717) is 0 Å². The van der Waals surface area contributed by atoms with Crippen LogP contribution in [-0.4, -0.2) is 7.11 Å². The fraction of sp³-hybridized carbons (Fsp3) is 0.273. The summed E-state index contributed by atoms with van der Waals surface area (Å²) in [5, 5.41) is 1.88. The summed E-state index contributed by atoms with van der Waals surface area (Å²) in [6, 6.07) is 4.07. The fourth-order valence-electron chi connectivity index (χ4n) is 1.40. The van der Waals surface area contributed by atoms with Crippen molar-refractivity contribution in [3.8, 4) is 5.75 Å². The summed E-state index contributed by atoms with van der Waals surface area (Å²) in [6.45, 7) is 2.07. The molecule has 0 saturated heterocycles. The van der Waals surface area contributed by atoms with Gasteiger partial charge in [0, 0.05) is 4.88 Å². The first-order valence-corrected chi connectivity index (χ1v) is 7.57. The molecule has 0 aliphatic rings. The molecule has 2 rings (SSSR count). The second-order valence-corrected chi connectivity index (χ2v) is 7.11. The number of methoxy groups -OCH3 is 1. The second-order valence-electron chi connectivity index (χ2n) is 3.32. The molecule has 2 aromatic rings. The van der Waals surface area contributed by atoms with Gasteiger partial charge in [-0.15, -0.1) is 34.3 Å². The molecule has 0 bridgehead atoms. The van der Waals surface area contributed by atoms with E-state index in [2.05, 4.69) is 28.9 Å². The predicted octanol–water partition coefficient (Wildman–Crippen LogP) is 5.22. The quantitative estimate of drug-likeness (QED) is 0.698. The van der Waals surface area contributed by atoms with E-state index >= 15 is 0 Å². The molecule has 86 valence electrons. The number of ether oxygens (including phenoxy) is 1. The van der Waals surface area contributed by atoms with Crippen LogP contribution in [0.1, 0.15) is 20.7 Å².